The second-order valence-electron chi connectivity index (χ2n) is 4.12. The Morgan fingerprint density at radius 3 is 2.55 bits per heavy atom. The number of hydrogen-bond acceptors (Lipinski definition) is 5. The first-order valence-electron chi connectivity index (χ1n) is 6.25. The van der Waals surface area contributed by atoms with E-state index >= 15 is 0 Å². The molecule has 20 heavy (non-hydrogen) atoms. The van der Waals surface area contributed by atoms with Crippen molar-refractivity contribution in [2.24, 2.45) is 0 Å². The summed E-state index contributed by atoms with van der Waals surface area (Å²) < 4.78 is 5.54. The number of nitrogens with one attached hydrogen (secondary N) is 1. The molecular formula is C14H15N3O3. The number of nitro groups is 1. The zero-order valence-corrected chi connectivity index (χ0v) is 11.1. The lowest BCUT2D eigenvalue weighted by atomic mass is 10.3. The third-order valence-electron chi connectivity index (χ3n) is 2.64. The summed E-state index contributed by atoms with van der Waals surface area (Å²) in [6.07, 6.45) is 1.74. The maximum atomic E-state index is 10.5. The summed E-state index contributed by atoms with van der Waals surface area (Å²) >= 11 is 0. The van der Waals surface area contributed by atoms with Crippen molar-refractivity contribution in [2.45, 2.75) is 13.5 Å². The molecule has 1 N–H and O–H groups in total. The van der Waals surface area contributed by atoms with E-state index in [9.17, 15) is 10.1 Å². The van der Waals surface area contributed by atoms with Crippen LogP contribution in [0.4, 0.5) is 11.5 Å². The quantitative estimate of drug-likeness (QED) is 0.646. The van der Waals surface area contributed by atoms with E-state index < -0.39 is 4.92 Å². The number of anilines is 1. The largest absolute Gasteiger partial charge is 0.489 e. The highest BCUT2D eigenvalue weighted by molar-refractivity contribution is 5.37. The second kappa shape index (κ2) is 6.51. The van der Waals surface area contributed by atoms with Crippen LogP contribution in [0, 0.1) is 10.1 Å². The van der Waals surface area contributed by atoms with Crippen molar-refractivity contribution in [1.29, 1.82) is 0 Å². The molecule has 0 amide bonds. The summed E-state index contributed by atoms with van der Waals surface area (Å²) in [5, 5.41) is 13.6. The average molecular weight is 273 g/mol. The molecule has 0 saturated carbocycles. The van der Waals surface area contributed by atoms with E-state index in [1.165, 1.54) is 12.1 Å². The standard InChI is InChI=1S/C14H15N3O3/c1-2-15-14-8-3-11(9-16-14)10-20-13-6-4-12(5-7-13)17(18)19/h3-9H,2,10H2,1H3,(H,15,16). The van der Waals surface area contributed by atoms with Crippen LogP contribution in [-0.2, 0) is 6.61 Å². The van der Waals surface area contributed by atoms with Crippen molar-refractivity contribution in [1.82, 2.24) is 4.98 Å². The van der Waals surface area contributed by atoms with Gasteiger partial charge in [-0.15, -0.1) is 0 Å². The first kappa shape index (κ1) is 13.8. The Balaban J connectivity index is 1.92. The highest BCUT2D eigenvalue weighted by Crippen LogP contribution is 2.18. The Morgan fingerprint density at radius 2 is 2.00 bits per heavy atom. The minimum absolute atomic E-state index is 0.0500. The van der Waals surface area contributed by atoms with Gasteiger partial charge in [-0.2, -0.15) is 0 Å². The summed E-state index contributed by atoms with van der Waals surface area (Å²) in [5.41, 5.74) is 0.985. The zero-order valence-electron chi connectivity index (χ0n) is 11.1. The van der Waals surface area contributed by atoms with E-state index in [1.54, 1.807) is 18.3 Å². The van der Waals surface area contributed by atoms with E-state index in [4.69, 9.17) is 4.74 Å². The maximum absolute atomic E-state index is 10.5. The number of ether oxygens (including phenoxy) is 1. The zero-order chi connectivity index (χ0) is 14.4. The van der Waals surface area contributed by atoms with Crippen LogP contribution in [0.2, 0.25) is 0 Å². The number of rotatable bonds is 6. The lowest BCUT2D eigenvalue weighted by Crippen LogP contribution is -2.01. The van der Waals surface area contributed by atoms with Crippen LogP contribution < -0.4 is 10.1 Å². The predicted octanol–water partition coefficient (Wildman–Crippen LogP) is 3.00. The second-order valence-corrected chi connectivity index (χ2v) is 4.12. The lowest BCUT2D eigenvalue weighted by molar-refractivity contribution is -0.384. The van der Waals surface area contributed by atoms with Gasteiger partial charge in [-0.1, -0.05) is 6.07 Å². The van der Waals surface area contributed by atoms with Crippen molar-refractivity contribution in [3.8, 4) is 5.75 Å². The molecular weight excluding hydrogens is 258 g/mol. The molecule has 0 spiro atoms. The first-order valence-corrected chi connectivity index (χ1v) is 6.25. The van der Waals surface area contributed by atoms with Crippen LogP contribution in [-0.4, -0.2) is 16.5 Å². The van der Waals surface area contributed by atoms with Gasteiger partial charge in [0.1, 0.15) is 18.2 Å². The molecule has 1 aromatic heterocycles. The van der Waals surface area contributed by atoms with Gasteiger partial charge in [0.05, 0.1) is 4.92 Å². The number of aromatic nitrogens is 1. The molecule has 104 valence electrons. The van der Waals surface area contributed by atoms with Gasteiger partial charge in [0, 0.05) is 30.4 Å². The molecule has 1 aromatic carbocycles. The minimum atomic E-state index is -0.437. The van der Waals surface area contributed by atoms with Crippen LogP contribution in [0.1, 0.15) is 12.5 Å². The fraction of sp³-hybridized carbons (Fsp3) is 0.214. The fourth-order valence-electron chi connectivity index (χ4n) is 1.63. The van der Waals surface area contributed by atoms with Crippen molar-refractivity contribution in [2.75, 3.05) is 11.9 Å². The van der Waals surface area contributed by atoms with Crippen LogP contribution in [0.3, 0.4) is 0 Å². The number of hydrogen-bond donors (Lipinski definition) is 1. The van der Waals surface area contributed by atoms with Crippen LogP contribution in [0.5, 0.6) is 5.75 Å². The predicted molar refractivity (Wildman–Crippen MR) is 75.8 cm³/mol. The summed E-state index contributed by atoms with van der Waals surface area (Å²) in [7, 11) is 0. The smallest absolute Gasteiger partial charge is 0.269 e. The molecule has 2 aromatic rings. The monoisotopic (exact) mass is 273 g/mol. The van der Waals surface area contributed by atoms with Crippen molar-refractivity contribution in [3.63, 3.8) is 0 Å². The summed E-state index contributed by atoms with van der Waals surface area (Å²) in [6.45, 7) is 3.20. The number of pyridine rings is 1. The first-order chi connectivity index (χ1) is 9.69. The molecule has 0 unspecified atom stereocenters. The SMILES string of the molecule is CCNc1ccc(COc2ccc([N+](=O)[O-])cc2)cn1. The molecule has 0 saturated heterocycles. The van der Waals surface area contributed by atoms with Crippen molar-refractivity contribution < 1.29 is 9.66 Å². The summed E-state index contributed by atoms with van der Waals surface area (Å²) in [6, 6.07) is 9.81. The number of nitrogens with zero attached hydrogens (tertiary/aromatic N) is 2. The molecule has 0 aliphatic heterocycles. The van der Waals surface area contributed by atoms with Gasteiger partial charge in [0.2, 0.25) is 0 Å². The highest BCUT2D eigenvalue weighted by Gasteiger charge is 2.04. The topological polar surface area (TPSA) is 77.3 Å². The maximum Gasteiger partial charge on any atom is 0.269 e. The molecule has 0 atom stereocenters. The summed E-state index contributed by atoms with van der Waals surface area (Å²) in [5.74, 6) is 1.41. The van der Waals surface area contributed by atoms with Crippen LogP contribution >= 0.6 is 0 Å². The fourth-order valence-corrected chi connectivity index (χ4v) is 1.63. The van der Waals surface area contributed by atoms with Gasteiger partial charge in [0.25, 0.3) is 5.69 Å². The number of benzene rings is 1. The molecule has 0 bridgehead atoms. The molecule has 6 heteroatoms. The summed E-state index contributed by atoms with van der Waals surface area (Å²) in [4.78, 5) is 14.3. The van der Waals surface area contributed by atoms with Crippen molar-refractivity contribution in [3.05, 3.63) is 58.3 Å². The van der Waals surface area contributed by atoms with Gasteiger partial charge >= 0.3 is 0 Å². The van der Waals surface area contributed by atoms with Gasteiger partial charge in [-0.05, 0) is 25.1 Å². The molecule has 6 nitrogen and oxygen atoms in total. The molecule has 1 heterocycles. The highest BCUT2D eigenvalue weighted by atomic mass is 16.6. The normalized spacial score (nSPS) is 10.1. The van der Waals surface area contributed by atoms with Gasteiger partial charge < -0.3 is 10.1 Å². The van der Waals surface area contributed by atoms with Gasteiger partial charge in [0.15, 0.2) is 0 Å². The molecule has 0 radical (unpaired) electrons. The van der Waals surface area contributed by atoms with E-state index in [1.807, 2.05) is 19.1 Å². The molecule has 0 fully saturated rings. The molecule has 0 aliphatic carbocycles. The van der Waals surface area contributed by atoms with Crippen molar-refractivity contribution >= 4 is 11.5 Å². The Labute approximate surface area is 116 Å². The van der Waals surface area contributed by atoms with E-state index in [0.29, 0.717) is 12.4 Å². The van der Waals surface area contributed by atoms with E-state index in [2.05, 4.69) is 10.3 Å². The average Bonchev–Trinajstić information content (AvgIpc) is 2.47. The molecule has 0 aliphatic rings. The Kier molecular flexibility index (Phi) is 4.49. The number of nitro benzene ring substituents is 1. The minimum Gasteiger partial charge on any atom is -0.489 e. The lowest BCUT2D eigenvalue weighted by Gasteiger charge is -2.07. The third-order valence-corrected chi connectivity index (χ3v) is 2.64. The Morgan fingerprint density at radius 1 is 1.25 bits per heavy atom. The Bertz CT molecular complexity index is 567. The molecule has 2 rings (SSSR count). The number of non-ortho nitro benzene ring substituents is 1. The van der Waals surface area contributed by atoms with Gasteiger partial charge in [-0.3, -0.25) is 10.1 Å². The van der Waals surface area contributed by atoms with E-state index in [-0.39, 0.29) is 5.69 Å². The third kappa shape index (κ3) is 3.68. The van der Waals surface area contributed by atoms with Gasteiger partial charge in [-0.25, -0.2) is 4.98 Å². The Hall–Kier alpha value is -2.63. The van der Waals surface area contributed by atoms with Crippen LogP contribution in [0.15, 0.2) is 42.6 Å². The van der Waals surface area contributed by atoms with E-state index in [0.717, 1.165) is 17.9 Å². The van der Waals surface area contributed by atoms with Crippen LogP contribution in [0.25, 0.3) is 0 Å².